The average Bonchev–Trinajstić information content (AvgIpc) is 2.71. The zero-order valence-corrected chi connectivity index (χ0v) is 11.9. The average molecular weight is 335 g/mol. The molecule has 1 unspecified atom stereocenters. The summed E-state index contributed by atoms with van der Waals surface area (Å²) >= 11 is 5.82. The third-order valence-electron chi connectivity index (χ3n) is 3.27. The molecule has 0 radical (unpaired) electrons. The summed E-state index contributed by atoms with van der Waals surface area (Å²) < 4.78 is 43.1. The molecule has 0 bridgehead atoms. The number of benzene rings is 1. The fraction of sp³-hybridized carbons (Fsp3) is 0.385. The summed E-state index contributed by atoms with van der Waals surface area (Å²) in [5.74, 6) is 0. The molecule has 118 valence electrons. The molecule has 9 heteroatoms. The smallest absolute Gasteiger partial charge is 0.416 e. The number of amides is 1. The highest BCUT2D eigenvalue weighted by Crippen LogP contribution is 2.35. The van der Waals surface area contributed by atoms with Gasteiger partial charge in [0.05, 0.1) is 10.6 Å². The van der Waals surface area contributed by atoms with E-state index in [-0.39, 0.29) is 16.3 Å². The molecule has 1 fully saturated rings. The number of anilines is 1. The first-order valence-corrected chi connectivity index (χ1v) is 6.49. The Hall–Kier alpha value is -1.98. The van der Waals surface area contributed by atoms with Crippen LogP contribution >= 0.6 is 11.6 Å². The number of hydrogen-bond donors (Lipinski definition) is 1. The number of aliphatic hydroxyl groups excluding tert-OH is 1. The van der Waals surface area contributed by atoms with Crippen molar-refractivity contribution >= 4 is 23.4 Å². The quantitative estimate of drug-likeness (QED) is 0.902. The predicted molar refractivity (Wildman–Crippen MR) is 70.4 cm³/mol. The van der Waals surface area contributed by atoms with Crippen molar-refractivity contribution in [3.05, 3.63) is 28.8 Å². The molecule has 1 N–H and O–H groups in total. The van der Waals surface area contributed by atoms with E-state index in [1.54, 1.807) is 6.07 Å². The summed E-state index contributed by atoms with van der Waals surface area (Å²) in [5, 5.41) is 18.3. The SMILES string of the molecule is CC1OC(=O)N(c2ccc(C#N)c(Cl)c2)[C@H]1[C@H](O)C(F)(F)F. The fourth-order valence-electron chi connectivity index (χ4n) is 2.23. The predicted octanol–water partition coefficient (Wildman–Crippen LogP) is 2.85. The minimum absolute atomic E-state index is 0.00616. The van der Waals surface area contributed by atoms with E-state index < -0.39 is 30.5 Å². The number of nitrogens with zero attached hydrogens (tertiary/aromatic N) is 2. The molecule has 1 saturated heterocycles. The van der Waals surface area contributed by atoms with Gasteiger partial charge in [0.1, 0.15) is 18.2 Å². The monoisotopic (exact) mass is 334 g/mol. The van der Waals surface area contributed by atoms with Gasteiger partial charge in [0, 0.05) is 5.69 Å². The lowest BCUT2D eigenvalue weighted by atomic mass is 10.0. The van der Waals surface area contributed by atoms with Crippen LogP contribution in [-0.4, -0.2) is 35.6 Å². The second-order valence-corrected chi connectivity index (χ2v) is 5.12. The van der Waals surface area contributed by atoms with Gasteiger partial charge in [-0.3, -0.25) is 4.90 Å². The molecule has 0 saturated carbocycles. The Labute approximate surface area is 128 Å². The number of cyclic esters (lactones) is 1. The second-order valence-electron chi connectivity index (χ2n) is 4.71. The van der Waals surface area contributed by atoms with Crippen molar-refractivity contribution in [2.24, 2.45) is 0 Å². The number of aliphatic hydroxyl groups is 1. The molecular weight excluding hydrogens is 325 g/mol. The maximum atomic E-state index is 12.8. The van der Waals surface area contributed by atoms with Crippen LogP contribution in [0.4, 0.5) is 23.7 Å². The number of carbonyl (C=O) groups excluding carboxylic acids is 1. The lowest BCUT2D eigenvalue weighted by molar-refractivity contribution is -0.212. The van der Waals surface area contributed by atoms with E-state index in [0.29, 0.717) is 4.90 Å². The molecule has 1 aromatic rings. The maximum absolute atomic E-state index is 12.8. The van der Waals surface area contributed by atoms with Crippen molar-refractivity contribution in [1.82, 2.24) is 0 Å². The zero-order valence-electron chi connectivity index (χ0n) is 11.1. The van der Waals surface area contributed by atoms with Gasteiger partial charge in [-0.25, -0.2) is 4.79 Å². The minimum atomic E-state index is -4.92. The van der Waals surface area contributed by atoms with E-state index >= 15 is 0 Å². The van der Waals surface area contributed by atoms with Gasteiger partial charge in [-0.15, -0.1) is 0 Å². The van der Waals surface area contributed by atoms with E-state index in [9.17, 15) is 23.1 Å². The largest absolute Gasteiger partial charge is 0.444 e. The number of halogens is 4. The van der Waals surface area contributed by atoms with Crippen LogP contribution in [0.2, 0.25) is 5.02 Å². The van der Waals surface area contributed by atoms with E-state index in [1.165, 1.54) is 25.1 Å². The van der Waals surface area contributed by atoms with Gasteiger partial charge < -0.3 is 9.84 Å². The van der Waals surface area contributed by atoms with Crippen molar-refractivity contribution in [2.75, 3.05) is 4.90 Å². The number of hydrogen-bond acceptors (Lipinski definition) is 4. The molecule has 1 aliphatic rings. The highest BCUT2D eigenvalue weighted by atomic mass is 35.5. The number of carbonyl (C=O) groups is 1. The number of nitriles is 1. The molecule has 1 aromatic carbocycles. The topological polar surface area (TPSA) is 73.6 Å². The summed E-state index contributed by atoms with van der Waals surface area (Å²) in [6, 6.07) is 3.86. The van der Waals surface area contributed by atoms with Gasteiger partial charge in [0.2, 0.25) is 0 Å². The Morgan fingerprint density at radius 1 is 1.50 bits per heavy atom. The molecule has 0 aromatic heterocycles. The number of ether oxygens (including phenoxy) is 1. The molecule has 0 spiro atoms. The first-order valence-electron chi connectivity index (χ1n) is 6.11. The van der Waals surface area contributed by atoms with Crippen molar-refractivity contribution < 1.29 is 27.8 Å². The summed E-state index contributed by atoms with van der Waals surface area (Å²) in [6.45, 7) is 1.25. The van der Waals surface area contributed by atoms with Crippen LogP contribution in [-0.2, 0) is 4.74 Å². The first kappa shape index (κ1) is 16.4. The third-order valence-corrected chi connectivity index (χ3v) is 3.59. The van der Waals surface area contributed by atoms with Crippen molar-refractivity contribution in [2.45, 2.75) is 31.3 Å². The Morgan fingerprint density at radius 2 is 2.14 bits per heavy atom. The normalized spacial score (nSPS) is 23.1. The lowest BCUT2D eigenvalue weighted by Crippen LogP contribution is -2.51. The van der Waals surface area contributed by atoms with Crippen LogP contribution in [0, 0.1) is 11.3 Å². The Balaban J connectivity index is 2.44. The van der Waals surface area contributed by atoms with Crippen LogP contribution < -0.4 is 4.90 Å². The zero-order chi connectivity index (χ0) is 16.7. The van der Waals surface area contributed by atoms with Gasteiger partial charge in [-0.05, 0) is 25.1 Å². The molecule has 1 heterocycles. The minimum Gasteiger partial charge on any atom is -0.444 e. The molecule has 1 amide bonds. The number of rotatable bonds is 2. The standard InChI is InChI=1S/C13H10ClF3N2O3/c1-6-10(11(20)13(15,16)17)19(12(21)22-6)8-3-2-7(5-18)9(14)4-8/h2-4,6,10-11,20H,1H3/t6?,10-,11+/m1/s1. The van der Waals surface area contributed by atoms with Gasteiger partial charge in [-0.2, -0.15) is 18.4 Å². The van der Waals surface area contributed by atoms with Gasteiger partial charge in [-0.1, -0.05) is 11.6 Å². The molecule has 2 rings (SSSR count). The molecular formula is C13H10ClF3N2O3. The Bertz CT molecular complexity index is 644. The van der Waals surface area contributed by atoms with E-state index in [2.05, 4.69) is 0 Å². The molecule has 1 aliphatic heterocycles. The van der Waals surface area contributed by atoms with E-state index in [0.717, 1.165) is 0 Å². The molecule has 0 aliphatic carbocycles. The van der Waals surface area contributed by atoms with Crippen LogP contribution in [0.5, 0.6) is 0 Å². The van der Waals surface area contributed by atoms with Crippen LogP contribution in [0.25, 0.3) is 0 Å². The van der Waals surface area contributed by atoms with Crippen LogP contribution in [0.1, 0.15) is 12.5 Å². The summed E-state index contributed by atoms with van der Waals surface area (Å²) in [6.07, 6.45) is -9.88. The van der Waals surface area contributed by atoms with Crippen molar-refractivity contribution in [1.29, 1.82) is 5.26 Å². The van der Waals surface area contributed by atoms with Crippen LogP contribution in [0.15, 0.2) is 18.2 Å². The van der Waals surface area contributed by atoms with Gasteiger partial charge in [0.25, 0.3) is 0 Å². The second kappa shape index (κ2) is 5.66. The van der Waals surface area contributed by atoms with Crippen molar-refractivity contribution in [3.63, 3.8) is 0 Å². The fourth-order valence-corrected chi connectivity index (χ4v) is 2.45. The Morgan fingerprint density at radius 3 is 2.64 bits per heavy atom. The third kappa shape index (κ3) is 2.82. The van der Waals surface area contributed by atoms with Gasteiger partial charge >= 0.3 is 12.3 Å². The molecule has 5 nitrogen and oxygen atoms in total. The van der Waals surface area contributed by atoms with E-state index in [1.807, 2.05) is 0 Å². The van der Waals surface area contributed by atoms with Gasteiger partial charge in [0.15, 0.2) is 6.10 Å². The lowest BCUT2D eigenvalue weighted by Gasteiger charge is -2.29. The highest BCUT2D eigenvalue weighted by molar-refractivity contribution is 6.32. The molecule has 22 heavy (non-hydrogen) atoms. The summed E-state index contributed by atoms with van der Waals surface area (Å²) in [7, 11) is 0. The molecule has 3 atom stereocenters. The number of alkyl halides is 3. The first-order chi connectivity index (χ1) is 10.2. The Kier molecular flexibility index (Phi) is 4.22. The van der Waals surface area contributed by atoms with Crippen LogP contribution in [0.3, 0.4) is 0 Å². The summed E-state index contributed by atoms with van der Waals surface area (Å²) in [4.78, 5) is 12.5. The summed E-state index contributed by atoms with van der Waals surface area (Å²) in [5.41, 5.74) is 0.116. The maximum Gasteiger partial charge on any atom is 0.416 e. The van der Waals surface area contributed by atoms with E-state index in [4.69, 9.17) is 21.6 Å². The highest BCUT2D eigenvalue weighted by Gasteiger charge is 2.54. The van der Waals surface area contributed by atoms with Crippen molar-refractivity contribution in [3.8, 4) is 6.07 Å².